The van der Waals surface area contributed by atoms with Crippen LogP contribution in [0.4, 0.5) is 0 Å². The Bertz CT molecular complexity index is 2000. The third-order valence-corrected chi connectivity index (χ3v) is 10.2. The number of aliphatic hydroxyl groups excluding tert-OH is 1. The molecule has 0 fully saturated rings. The summed E-state index contributed by atoms with van der Waals surface area (Å²) in [6, 6.07) is 14.7. The largest absolute Gasteiger partial charge is 0.512 e. The van der Waals surface area contributed by atoms with Gasteiger partial charge in [-0.1, -0.05) is 116 Å². The number of nitrogens with zero attached hydrogens (tertiary/aromatic N) is 1. The van der Waals surface area contributed by atoms with E-state index in [0.29, 0.717) is 23.3 Å². The van der Waals surface area contributed by atoms with Crippen LogP contribution in [-0.2, 0) is 20.4 Å². The van der Waals surface area contributed by atoms with Gasteiger partial charge in [-0.05, 0) is 81.2 Å². The molecule has 0 radical (unpaired) electrons. The molecule has 3 N–H and O–H groups in total. The Kier molecular flexibility index (Phi) is 14.4. The van der Waals surface area contributed by atoms with Gasteiger partial charge in [0, 0.05) is 58.3 Å². The van der Waals surface area contributed by atoms with E-state index in [2.05, 4.69) is 62.4 Å². The summed E-state index contributed by atoms with van der Waals surface area (Å²) in [5.41, 5.74) is 6.94. The van der Waals surface area contributed by atoms with E-state index >= 15 is 0 Å². The van der Waals surface area contributed by atoms with Gasteiger partial charge in [0.05, 0.1) is 5.76 Å². The average molecular weight is 729 g/mol. The predicted octanol–water partition coefficient (Wildman–Crippen LogP) is 10.2. The van der Waals surface area contributed by atoms with Crippen LogP contribution in [0.2, 0.25) is 0 Å². The number of carboxylic acid groups (broad SMARTS) is 2. The number of hydrogen-bond acceptors (Lipinski definition) is 4. The summed E-state index contributed by atoms with van der Waals surface area (Å²) in [6.45, 7) is 12.0. The normalized spacial score (nSPS) is 22.3. The standard InChI is InChI=1S/C47H53NO6/c1-34(14-10-16-36(3)32-44(50)51)22-24-40-42(49)20-12-28-46(40,5)39-26-30-48(31-27-39)54-43-21-13-29-47(6,38-18-8-7-9-19-38)41(43)25-23-35(2)15-11-17-37(4)33-45(52)53/h7-11,14-19,22-27,30-33H,12-13,20-21,28-29H2,1-6H3,(H2-,49,50,51,52,53)/p+1/b16-10+,17-11+,24-22+,25-23+,34-14+,35-15+,36-32+,37-33+/t46-,47-/m1/s1. The molecule has 2 aliphatic carbocycles. The summed E-state index contributed by atoms with van der Waals surface area (Å²) in [7, 11) is 0. The maximum Gasteiger partial charge on any atom is 0.328 e. The predicted molar refractivity (Wildman–Crippen MR) is 216 cm³/mol. The summed E-state index contributed by atoms with van der Waals surface area (Å²) in [6.07, 6.45) is 30.7. The molecule has 1 aromatic heterocycles. The van der Waals surface area contributed by atoms with Crippen LogP contribution in [0.25, 0.3) is 0 Å². The quantitative estimate of drug-likeness (QED) is 0.102. The molecule has 0 saturated heterocycles. The van der Waals surface area contributed by atoms with E-state index in [4.69, 9.17) is 15.1 Å². The summed E-state index contributed by atoms with van der Waals surface area (Å²) in [5, 5.41) is 29.0. The Hall–Kier alpha value is -5.69. The smallest absolute Gasteiger partial charge is 0.328 e. The molecular weight excluding hydrogens is 675 g/mol. The van der Waals surface area contributed by atoms with Gasteiger partial charge in [0.1, 0.15) is 0 Å². The molecule has 7 nitrogen and oxygen atoms in total. The number of carboxylic acids is 2. The summed E-state index contributed by atoms with van der Waals surface area (Å²) < 4.78 is 1.76. The molecule has 1 aromatic carbocycles. The summed E-state index contributed by atoms with van der Waals surface area (Å²) in [4.78, 5) is 28.5. The van der Waals surface area contributed by atoms with E-state index in [0.717, 1.165) is 65.7 Å². The van der Waals surface area contributed by atoms with E-state index in [1.807, 2.05) is 68.8 Å². The van der Waals surface area contributed by atoms with E-state index in [9.17, 15) is 14.7 Å². The van der Waals surface area contributed by atoms with Crippen molar-refractivity contribution in [3.63, 3.8) is 0 Å². The Labute approximate surface area is 320 Å². The van der Waals surface area contributed by atoms with Gasteiger partial charge in [-0.25, -0.2) is 14.4 Å². The molecule has 54 heavy (non-hydrogen) atoms. The van der Waals surface area contributed by atoms with Gasteiger partial charge in [-0.15, -0.1) is 0 Å². The van der Waals surface area contributed by atoms with Crippen LogP contribution in [-0.4, -0.2) is 27.3 Å². The number of pyridine rings is 1. The molecule has 0 bridgehead atoms. The molecule has 7 heteroatoms. The second kappa shape index (κ2) is 18.9. The number of aliphatic hydroxyl groups is 1. The van der Waals surface area contributed by atoms with E-state index < -0.39 is 17.4 Å². The third kappa shape index (κ3) is 11.2. The van der Waals surface area contributed by atoms with Gasteiger partial charge >= 0.3 is 11.9 Å². The molecule has 4 rings (SSSR count). The average Bonchev–Trinajstić information content (AvgIpc) is 3.11. The minimum Gasteiger partial charge on any atom is -0.512 e. The van der Waals surface area contributed by atoms with Crippen LogP contribution in [0.3, 0.4) is 0 Å². The first-order valence-corrected chi connectivity index (χ1v) is 18.5. The fourth-order valence-corrected chi connectivity index (χ4v) is 7.13. The number of hydrogen-bond donors (Lipinski definition) is 3. The molecule has 0 saturated carbocycles. The van der Waals surface area contributed by atoms with Crippen molar-refractivity contribution in [1.29, 1.82) is 0 Å². The highest BCUT2D eigenvalue weighted by Crippen LogP contribution is 2.44. The number of aromatic nitrogens is 1. The highest BCUT2D eigenvalue weighted by molar-refractivity contribution is 5.81. The molecule has 0 aliphatic heterocycles. The summed E-state index contributed by atoms with van der Waals surface area (Å²) >= 11 is 0. The van der Waals surface area contributed by atoms with Gasteiger partial charge in [0.25, 0.3) is 0 Å². The van der Waals surface area contributed by atoms with Gasteiger partial charge in [-0.3, -0.25) is 0 Å². The highest BCUT2D eigenvalue weighted by atomic mass is 16.7. The molecule has 0 spiro atoms. The van der Waals surface area contributed by atoms with Crippen LogP contribution in [0.5, 0.6) is 0 Å². The van der Waals surface area contributed by atoms with Gasteiger partial charge in [0.15, 0.2) is 5.76 Å². The fraction of sp³-hybridized carbons (Fsp3) is 0.298. The molecule has 2 aliphatic rings. The van der Waals surface area contributed by atoms with Crippen molar-refractivity contribution in [3.8, 4) is 0 Å². The maximum atomic E-state index is 11.1. The second-order valence-electron chi connectivity index (χ2n) is 14.6. The SMILES string of the molecule is CC(/C=C/C1=C(O)CCC[C@]1(C)c1cc[n+](OC2=C(/C=C/C(C)=C/C=C/C(C)=C/C(=O)O)[C@@](C)(c3ccccc3)CCC2)cc1)=C\C=C\C(C)=C\C(=O)O. The number of aliphatic carboxylic acids is 2. The number of rotatable bonds is 14. The summed E-state index contributed by atoms with van der Waals surface area (Å²) in [5.74, 6) is -0.639. The van der Waals surface area contributed by atoms with Crippen LogP contribution in [0.15, 0.2) is 173 Å². The zero-order valence-corrected chi connectivity index (χ0v) is 32.4. The van der Waals surface area contributed by atoms with Gasteiger partial charge < -0.3 is 15.3 Å². The fourth-order valence-electron chi connectivity index (χ4n) is 7.13. The lowest BCUT2D eigenvalue weighted by Crippen LogP contribution is -2.44. The lowest BCUT2D eigenvalue weighted by molar-refractivity contribution is -0.881. The van der Waals surface area contributed by atoms with Crippen molar-refractivity contribution in [1.82, 2.24) is 0 Å². The zero-order chi connectivity index (χ0) is 39.3. The van der Waals surface area contributed by atoms with E-state index in [-0.39, 0.29) is 5.41 Å². The zero-order valence-electron chi connectivity index (χ0n) is 32.4. The lowest BCUT2D eigenvalue weighted by atomic mass is 9.68. The van der Waals surface area contributed by atoms with Crippen molar-refractivity contribution in [3.05, 3.63) is 184 Å². The van der Waals surface area contributed by atoms with Crippen LogP contribution in [0.1, 0.15) is 91.2 Å². The van der Waals surface area contributed by atoms with Crippen molar-refractivity contribution in [2.45, 2.75) is 90.9 Å². The molecule has 2 atom stereocenters. The molecule has 2 aromatic rings. The minimum atomic E-state index is -0.973. The number of benzene rings is 1. The van der Waals surface area contributed by atoms with Crippen molar-refractivity contribution >= 4 is 11.9 Å². The third-order valence-electron chi connectivity index (χ3n) is 10.2. The number of allylic oxidation sites excluding steroid dienone is 18. The molecule has 1 heterocycles. The lowest BCUT2D eigenvalue weighted by Gasteiger charge is -2.36. The van der Waals surface area contributed by atoms with Gasteiger partial charge in [-0.2, -0.15) is 0 Å². The number of carbonyl (C=O) groups is 2. The van der Waals surface area contributed by atoms with Crippen LogP contribution in [0, 0.1) is 0 Å². The first-order chi connectivity index (χ1) is 25.7. The second-order valence-corrected chi connectivity index (χ2v) is 14.6. The first kappa shape index (κ1) is 41.1. The molecule has 0 amide bonds. The minimum absolute atomic E-state index is 0.266. The van der Waals surface area contributed by atoms with Crippen molar-refractivity contribution in [2.24, 2.45) is 0 Å². The molecule has 0 unspecified atom stereocenters. The Morgan fingerprint density at radius 2 is 1.15 bits per heavy atom. The van der Waals surface area contributed by atoms with Crippen LogP contribution < -0.4 is 9.57 Å². The Balaban J connectivity index is 1.63. The molecule has 282 valence electrons. The Morgan fingerprint density at radius 3 is 1.69 bits per heavy atom. The van der Waals surface area contributed by atoms with Crippen molar-refractivity contribution < 1.29 is 34.5 Å². The van der Waals surface area contributed by atoms with E-state index in [1.54, 1.807) is 30.7 Å². The molecular formula is C47H54NO6+. The topological polar surface area (TPSA) is 108 Å². The van der Waals surface area contributed by atoms with Gasteiger partial charge in [0.2, 0.25) is 12.4 Å². The van der Waals surface area contributed by atoms with Crippen LogP contribution >= 0.6 is 0 Å². The Morgan fingerprint density at radius 1 is 0.667 bits per heavy atom. The maximum absolute atomic E-state index is 11.1. The first-order valence-electron chi connectivity index (χ1n) is 18.5. The van der Waals surface area contributed by atoms with Crippen molar-refractivity contribution in [2.75, 3.05) is 0 Å². The monoisotopic (exact) mass is 728 g/mol. The van der Waals surface area contributed by atoms with E-state index in [1.165, 1.54) is 17.7 Å². The highest BCUT2D eigenvalue weighted by Gasteiger charge is 2.38.